The summed E-state index contributed by atoms with van der Waals surface area (Å²) in [6.07, 6.45) is -4.38. The van der Waals surface area contributed by atoms with Crippen molar-refractivity contribution in [1.82, 2.24) is 14.8 Å². The first-order valence-corrected chi connectivity index (χ1v) is 8.69. The van der Waals surface area contributed by atoms with Gasteiger partial charge in [-0.15, -0.1) is 10.2 Å². The van der Waals surface area contributed by atoms with Crippen LogP contribution in [0.25, 0.3) is 28.5 Å². The van der Waals surface area contributed by atoms with Crippen molar-refractivity contribution < 1.29 is 13.2 Å². The van der Waals surface area contributed by atoms with Crippen molar-refractivity contribution in [1.29, 1.82) is 0 Å². The Hall–Kier alpha value is -3.41. The minimum absolute atomic E-state index is 0.482. The fraction of sp³-hybridized carbons (Fsp3) is 0.0909. The number of aromatic nitrogens is 3. The molecule has 1 aromatic heterocycles. The first-order chi connectivity index (χ1) is 13.4. The topological polar surface area (TPSA) is 30.7 Å². The number of aryl methyl sites for hydroxylation is 1. The average molecular weight is 379 g/mol. The van der Waals surface area contributed by atoms with E-state index >= 15 is 0 Å². The third-order valence-corrected chi connectivity index (χ3v) is 4.46. The number of nitrogens with zero attached hydrogens (tertiary/aromatic N) is 3. The highest BCUT2D eigenvalue weighted by Gasteiger charge is 2.30. The highest BCUT2D eigenvalue weighted by Crippen LogP contribution is 2.32. The number of benzene rings is 3. The maximum atomic E-state index is 12.9. The van der Waals surface area contributed by atoms with Gasteiger partial charge in [0.2, 0.25) is 0 Å². The molecule has 3 aromatic carbocycles. The van der Waals surface area contributed by atoms with Crippen LogP contribution in [0.15, 0.2) is 78.9 Å². The van der Waals surface area contributed by atoms with Crippen LogP contribution in [0.1, 0.15) is 11.1 Å². The third-order valence-electron chi connectivity index (χ3n) is 4.46. The molecular formula is C22H16F3N3. The summed E-state index contributed by atoms with van der Waals surface area (Å²) in [5, 5.41) is 8.62. The van der Waals surface area contributed by atoms with Gasteiger partial charge in [-0.2, -0.15) is 13.2 Å². The molecule has 0 aliphatic carbocycles. The second kappa shape index (κ2) is 6.96. The minimum atomic E-state index is -4.38. The summed E-state index contributed by atoms with van der Waals surface area (Å²) in [5.74, 6) is 1.11. The van der Waals surface area contributed by atoms with Gasteiger partial charge in [-0.25, -0.2) is 0 Å². The second-order valence-corrected chi connectivity index (χ2v) is 6.46. The SMILES string of the molecule is Cc1ccc(-c2nnc(-c3ccc(C(F)(F)F)cc3)n2-c2ccccc2)cc1. The van der Waals surface area contributed by atoms with Crippen LogP contribution in [0.3, 0.4) is 0 Å². The molecule has 140 valence electrons. The molecule has 0 atom stereocenters. The van der Waals surface area contributed by atoms with Crippen molar-refractivity contribution in [3.8, 4) is 28.5 Å². The Balaban J connectivity index is 1.87. The van der Waals surface area contributed by atoms with E-state index in [2.05, 4.69) is 10.2 Å². The molecular weight excluding hydrogens is 363 g/mol. The molecule has 28 heavy (non-hydrogen) atoms. The molecule has 0 fully saturated rings. The Morgan fingerprint density at radius 2 is 1.18 bits per heavy atom. The van der Waals surface area contributed by atoms with E-state index in [-0.39, 0.29) is 0 Å². The second-order valence-electron chi connectivity index (χ2n) is 6.46. The molecule has 6 heteroatoms. The van der Waals surface area contributed by atoms with Gasteiger partial charge < -0.3 is 0 Å². The fourth-order valence-electron chi connectivity index (χ4n) is 2.99. The molecule has 0 radical (unpaired) electrons. The summed E-state index contributed by atoms with van der Waals surface area (Å²) < 4.78 is 40.5. The lowest BCUT2D eigenvalue weighted by Crippen LogP contribution is -2.05. The molecule has 4 aromatic rings. The lowest BCUT2D eigenvalue weighted by molar-refractivity contribution is -0.137. The summed E-state index contributed by atoms with van der Waals surface area (Å²) >= 11 is 0. The smallest absolute Gasteiger partial charge is 0.275 e. The van der Waals surface area contributed by atoms with E-state index in [1.165, 1.54) is 12.1 Å². The van der Waals surface area contributed by atoms with Crippen LogP contribution >= 0.6 is 0 Å². The average Bonchev–Trinajstić information content (AvgIpc) is 3.14. The molecule has 3 nitrogen and oxygen atoms in total. The maximum Gasteiger partial charge on any atom is 0.416 e. The van der Waals surface area contributed by atoms with Crippen molar-refractivity contribution in [2.75, 3.05) is 0 Å². The Morgan fingerprint density at radius 3 is 1.68 bits per heavy atom. The van der Waals surface area contributed by atoms with E-state index in [4.69, 9.17) is 0 Å². The van der Waals surface area contributed by atoms with Crippen molar-refractivity contribution in [3.63, 3.8) is 0 Å². The molecule has 0 spiro atoms. The zero-order valence-corrected chi connectivity index (χ0v) is 15.0. The molecule has 0 saturated carbocycles. The van der Waals surface area contributed by atoms with E-state index in [0.29, 0.717) is 17.2 Å². The molecule has 0 N–H and O–H groups in total. The number of para-hydroxylation sites is 1. The standard InChI is InChI=1S/C22H16F3N3/c1-15-7-9-16(10-8-15)20-26-27-21(28(20)19-5-3-2-4-6-19)17-11-13-18(14-12-17)22(23,24)25/h2-14H,1H3. The van der Waals surface area contributed by atoms with E-state index in [1.807, 2.05) is 66.1 Å². The summed E-state index contributed by atoms with van der Waals surface area (Å²) in [4.78, 5) is 0. The molecule has 1 heterocycles. The van der Waals surface area contributed by atoms with Gasteiger partial charge in [0.05, 0.1) is 5.56 Å². The number of hydrogen-bond acceptors (Lipinski definition) is 2. The van der Waals surface area contributed by atoms with E-state index in [0.717, 1.165) is 28.9 Å². The Labute approximate surface area is 160 Å². The quantitative estimate of drug-likeness (QED) is 0.442. The molecule has 0 saturated heterocycles. The number of rotatable bonds is 3. The monoisotopic (exact) mass is 379 g/mol. The Morgan fingerprint density at radius 1 is 0.679 bits per heavy atom. The number of halogens is 3. The van der Waals surface area contributed by atoms with E-state index in [9.17, 15) is 13.2 Å². The van der Waals surface area contributed by atoms with Gasteiger partial charge in [0.25, 0.3) is 0 Å². The van der Waals surface area contributed by atoms with Crippen LogP contribution in [0.5, 0.6) is 0 Å². The number of hydrogen-bond donors (Lipinski definition) is 0. The van der Waals surface area contributed by atoms with E-state index < -0.39 is 11.7 Å². The van der Waals surface area contributed by atoms with Gasteiger partial charge in [0, 0.05) is 16.8 Å². The predicted molar refractivity (Wildman–Crippen MR) is 102 cm³/mol. The highest BCUT2D eigenvalue weighted by atomic mass is 19.4. The van der Waals surface area contributed by atoms with Gasteiger partial charge in [-0.1, -0.05) is 60.2 Å². The minimum Gasteiger partial charge on any atom is -0.275 e. The Kier molecular flexibility index (Phi) is 4.47. The summed E-state index contributed by atoms with van der Waals surface area (Å²) in [6.45, 7) is 2.00. The van der Waals surface area contributed by atoms with Crippen molar-refractivity contribution in [2.45, 2.75) is 13.1 Å². The fourth-order valence-corrected chi connectivity index (χ4v) is 2.99. The lowest BCUT2D eigenvalue weighted by atomic mass is 10.1. The number of alkyl halides is 3. The lowest BCUT2D eigenvalue weighted by Gasteiger charge is -2.12. The van der Waals surface area contributed by atoms with E-state index in [1.54, 1.807) is 0 Å². The first kappa shape index (κ1) is 18.0. The molecule has 0 aliphatic heterocycles. The van der Waals surface area contributed by atoms with Gasteiger partial charge >= 0.3 is 6.18 Å². The summed E-state index contributed by atoms with van der Waals surface area (Å²) in [6, 6.07) is 22.3. The first-order valence-electron chi connectivity index (χ1n) is 8.69. The van der Waals surface area contributed by atoms with Gasteiger partial charge in [0.1, 0.15) is 0 Å². The third kappa shape index (κ3) is 3.41. The van der Waals surface area contributed by atoms with Crippen molar-refractivity contribution in [2.24, 2.45) is 0 Å². The zero-order valence-electron chi connectivity index (χ0n) is 15.0. The van der Waals surface area contributed by atoms with Gasteiger partial charge in [0.15, 0.2) is 11.6 Å². The largest absolute Gasteiger partial charge is 0.416 e. The van der Waals surface area contributed by atoms with Crippen LogP contribution < -0.4 is 0 Å². The van der Waals surface area contributed by atoms with Crippen LogP contribution in [-0.2, 0) is 6.18 Å². The van der Waals surface area contributed by atoms with Gasteiger partial charge in [-0.05, 0) is 31.2 Å². The normalized spacial score (nSPS) is 11.6. The molecule has 0 bridgehead atoms. The summed E-state index contributed by atoms with van der Waals surface area (Å²) in [5.41, 5.74) is 2.69. The maximum absolute atomic E-state index is 12.9. The van der Waals surface area contributed by atoms with Crippen LogP contribution in [0, 0.1) is 6.92 Å². The van der Waals surface area contributed by atoms with Crippen LogP contribution in [0.4, 0.5) is 13.2 Å². The molecule has 4 rings (SSSR count). The molecule has 0 unspecified atom stereocenters. The predicted octanol–water partition coefficient (Wildman–Crippen LogP) is 5.93. The Bertz CT molecular complexity index is 1080. The van der Waals surface area contributed by atoms with Crippen molar-refractivity contribution >= 4 is 0 Å². The highest BCUT2D eigenvalue weighted by molar-refractivity contribution is 5.67. The molecule has 0 aliphatic rings. The van der Waals surface area contributed by atoms with Crippen LogP contribution in [0.2, 0.25) is 0 Å². The summed E-state index contributed by atoms with van der Waals surface area (Å²) in [7, 11) is 0. The van der Waals surface area contributed by atoms with Crippen molar-refractivity contribution in [3.05, 3.63) is 90.0 Å². The van der Waals surface area contributed by atoms with Gasteiger partial charge in [-0.3, -0.25) is 4.57 Å². The zero-order chi connectivity index (χ0) is 19.7. The van der Waals surface area contributed by atoms with Crippen LogP contribution in [-0.4, -0.2) is 14.8 Å². The molecule has 0 amide bonds.